The maximum atomic E-state index is 14.5. The quantitative estimate of drug-likeness (QED) is 0.458. The number of rotatable bonds is 0. The fraction of sp³-hybridized carbons (Fsp3) is 0.875. The van der Waals surface area contributed by atoms with E-state index in [1.165, 1.54) is 36.3 Å². The summed E-state index contributed by atoms with van der Waals surface area (Å²) in [5.74, 6) is -3.03. The van der Waals surface area contributed by atoms with Crippen LogP contribution in [0.1, 0.15) is 20.8 Å². The van der Waals surface area contributed by atoms with Gasteiger partial charge in [-0.15, -0.1) is 0 Å². The number of carbonyl (C=O) groups is 1. The summed E-state index contributed by atoms with van der Waals surface area (Å²) >= 11 is 0. The molecule has 1 rings (SSSR count). The highest BCUT2D eigenvalue weighted by Crippen LogP contribution is 2.42. The van der Waals surface area contributed by atoms with Gasteiger partial charge in [-0.05, 0) is 20.8 Å². The van der Waals surface area contributed by atoms with Crippen molar-refractivity contribution in [3.8, 4) is 0 Å². The Morgan fingerprint density at radius 2 is 1.59 bits per heavy atom. The van der Waals surface area contributed by atoms with Gasteiger partial charge in [0.05, 0.1) is 0 Å². The van der Waals surface area contributed by atoms with Crippen molar-refractivity contribution >= 4 is 37.4 Å². The Balaban J connectivity index is 3.36. The standard InChI is InChI=1S/C8H18B4F2N2O/c1-5(2,3)16-4(17)15-7(9,10)6(13,14)8(16,11)12/h9-12H2,1-3H3,(H,15,17). The van der Waals surface area contributed by atoms with Gasteiger partial charge in [0.2, 0.25) is 0 Å². The van der Waals surface area contributed by atoms with Gasteiger partial charge in [-0.3, -0.25) is 0 Å². The molecule has 0 atom stereocenters. The molecule has 0 bridgehead atoms. The van der Waals surface area contributed by atoms with E-state index in [0.29, 0.717) is 0 Å². The molecule has 0 unspecified atom stereocenters. The number of hydrogen-bond donors (Lipinski definition) is 1. The van der Waals surface area contributed by atoms with Gasteiger partial charge in [-0.2, -0.15) is 0 Å². The van der Waals surface area contributed by atoms with E-state index < -0.39 is 28.2 Å². The van der Waals surface area contributed by atoms with Gasteiger partial charge in [-0.25, -0.2) is 13.6 Å². The van der Waals surface area contributed by atoms with Gasteiger partial charge in [-0.1, -0.05) is 0 Å². The Labute approximate surface area is 105 Å². The molecular formula is C8H18B4F2N2O. The molecule has 2 amide bonds. The third-order valence-electron chi connectivity index (χ3n) is 3.41. The minimum absolute atomic E-state index is 0.446. The fourth-order valence-electron chi connectivity index (χ4n) is 2.70. The van der Waals surface area contributed by atoms with Crippen LogP contribution in [0.15, 0.2) is 0 Å². The van der Waals surface area contributed by atoms with E-state index in [1.807, 2.05) is 0 Å². The maximum Gasteiger partial charge on any atom is 0.316 e. The summed E-state index contributed by atoms with van der Waals surface area (Å²) in [7, 11) is 5.54. The number of carbonyl (C=O) groups excluding carboxylic acids is 1. The lowest BCUT2D eigenvalue weighted by molar-refractivity contribution is -0.111. The van der Waals surface area contributed by atoms with Crippen molar-refractivity contribution in [3.05, 3.63) is 0 Å². The summed E-state index contributed by atoms with van der Waals surface area (Å²) in [5, 5.41) is -0.682. The van der Waals surface area contributed by atoms with E-state index in [2.05, 4.69) is 5.32 Å². The largest absolute Gasteiger partial charge is 0.342 e. The third-order valence-corrected chi connectivity index (χ3v) is 3.41. The molecule has 1 N–H and O–H groups in total. The first kappa shape index (κ1) is 14.5. The van der Waals surface area contributed by atoms with Crippen LogP contribution < -0.4 is 5.32 Å². The molecular weight excluding hydrogens is 221 g/mol. The fourth-order valence-corrected chi connectivity index (χ4v) is 2.70. The van der Waals surface area contributed by atoms with E-state index >= 15 is 0 Å². The van der Waals surface area contributed by atoms with Gasteiger partial charge in [0.1, 0.15) is 31.4 Å². The van der Waals surface area contributed by atoms with Crippen LogP contribution in [0.4, 0.5) is 13.6 Å². The van der Waals surface area contributed by atoms with Crippen molar-refractivity contribution < 1.29 is 13.6 Å². The molecule has 1 aliphatic rings. The van der Waals surface area contributed by atoms with E-state index in [9.17, 15) is 13.6 Å². The van der Waals surface area contributed by atoms with Crippen LogP contribution in [0.3, 0.4) is 0 Å². The number of alkyl halides is 2. The first-order chi connectivity index (χ1) is 7.25. The molecule has 0 saturated carbocycles. The maximum absolute atomic E-state index is 14.5. The number of halogens is 2. The van der Waals surface area contributed by atoms with Gasteiger partial charge >= 0.3 is 6.03 Å². The molecule has 1 heterocycles. The summed E-state index contributed by atoms with van der Waals surface area (Å²) in [6, 6.07) is -0.446. The Hall–Kier alpha value is -0.610. The predicted molar refractivity (Wildman–Crippen MR) is 74.7 cm³/mol. The zero-order chi connectivity index (χ0) is 13.9. The lowest BCUT2D eigenvalue weighted by atomic mass is 9.43. The second kappa shape index (κ2) is 3.45. The first-order valence-corrected chi connectivity index (χ1v) is 5.75. The van der Waals surface area contributed by atoms with Crippen LogP contribution in [0.25, 0.3) is 0 Å². The Morgan fingerprint density at radius 1 is 1.18 bits per heavy atom. The van der Waals surface area contributed by atoms with E-state index in [-0.39, 0.29) is 0 Å². The van der Waals surface area contributed by atoms with Crippen LogP contribution >= 0.6 is 0 Å². The van der Waals surface area contributed by atoms with Crippen molar-refractivity contribution in [3.63, 3.8) is 0 Å². The molecule has 92 valence electrons. The number of urea groups is 1. The molecule has 3 nitrogen and oxygen atoms in total. The highest BCUT2D eigenvalue weighted by Gasteiger charge is 2.65. The van der Waals surface area contributed by atoms with Crippen molar-refractivity contribution in [2.45, 2.75) is 42.9 Å². The molecule has 0 aliphatic carbocycles. The van der Waals surface area contributed by atoms with E-state index in [0.717, 1.165) is 0 Å². The lowest BCUT2D eigenvalue weighted by Gasteiger charge is -2.59. The molecule has 0 radical (unpaired) electrons. The van der Waals surface area contributed by atoms with Gasteiger partial charge < -0.3 is 10.2 Å². The molecule has 1 fully saturated rings. The smallest absolute Gasteiger partial charge is 0.316 e. The second-order valence-corrected chi connectivity index (χ2v) is 6.69. The minimum Gasteiger partial charge on any atom is -0.342 e. The van der Waals surface area contributed by atoms with Crippen LogP contribution in [0, 0.1) is 0 Å². The van der Waals surface area contributed by atoms with Crippen molar-refractivity contribution in [2.75, 3.05) is 0 Å². The Morgan fingerprint density at radius 3 is 1.94 bits per heavy atom. The molecule has 0 aromatic carbocycles. The summed E-state index contributed by atoms with van der Waals surface area (Å²) in [4.78, 5) is 13.3. The zero-order valence-corrected chi connectivity index (χ0v) is 11.6. The van der Waals surface area contributed by atoms with Crippen LogP contribution in [0.5, 0.6) is 0 Å². The zero-order valence-electron chi connectivity index (χ0n) is 11.6. The molecule has 1 saturated heterocycles. The topological polar surface area (TPSA) is 32.3 Å². The van der Waals surface area contributed by atoms with Gasteiger partial charge in [0.25, 0.3) is 5.92 Å². The van der Waals surface area contributed by atoms with Crippen LogP contribution in [-0.4, -0.2) is 64.5 Å². The van der Waals surface area contributed by atoms with Gasteiger partial charge in [0.15, 0.2) is 0 Å². The minimum atomic E-state index is -3.03. The highest BCUT2D eigenvalue weighted by molar-refractivity contribution is 6.48. The van der Waals surface area contributed by atoms with Crippen molar-refractivity contribution in [1.82, 2.24) is 10.2 Å². The molecule has 0 aromatic rings. The third kappa shape index (κ3) is 1.87. The predicted octanol–water partition coefficient (Wildman–Crippen LogP) is -2.71. The number of nitrogens with zero attached hydrogens (tertiary/aromatic N) is 1. The summed E-state index contributed by atoms with van der Waals surface area (Å²) < 4.78 is 28.9. The van der Waals surface area contributed by atoms with Crippen molar-refractivity contribution in [1.29, 1.82) is 0 Å². The normalized spacial score (nSPS) is 26.4. The Bertz CT molecular complexity index is 354. The summed E-state index contributed by atoms with van der Waals surface area (Å²) in [6.45, 7) is 5.26. The van der Waals surface area contributed by atoms with E-state index in [1.54, 1.807) is 20.8 Å². The molecule has 1 aliphatic heterocycles. The monoisotopic (exact) mass is 240 g/mol. The lowest BCUT2D eigenvalue weighted by Crippen LogP contribution is -2.84. The van der Waals surface area contributed by atoms with Crippen LogP contribution in [0.2, 0.25) is 0 Å². The second-order valence-electron chi connectivity index (χ2n) is 6.69. The van der Waals surface area contributed by atoms with Crippen LogP contribution in [-0.2, 0) is 0 Å². The average Bonchev–Trinajstić information content (AvgIpc) is 1.95. The molecule has 0 spiro atoms. The molecule has 0 aromatic heterocycles. The number of nitrogens with one attached hydrogen (secondary N) is 1. The van der Waals surface area contributed by atoms with E-state index in [4.69, 9.17) is 0 Å². The summed E-state index contributed by atoms with van der Waals surface area (Å²) in [6.07, 6.45) is 0. The summed E-state index contributed by atoms with van der Waals surface area (Å²) in [5.41, 5.74) is -0.659. The SMILES string of the molecule is BC1(B)NC(=O)N(C(C)(C)C)C(B)(B)C1(F)F. The number of hydrogen-bond acceptors (Lipinski definition) is 1. The molecule has 9 heteroatoms. The highest BCUT2D eigenvalue weighted by atomic mass is 19.3. The van der Waals surface area contributed by atoms with Crippen molar-refractivity contribution in [2.24, 2.45) is 0 Å². The van der Waals surface area contributed by atoms with Gasteiger partial charge in [0, 0.05) is 16.2 Å². The first-order valence-electron chi connectivity index (χ1n) is 5.75. The average molecular weight is 239 g/mol. The number of amides is 2. The Kier molecular flexibility index (Phi) is 2.93. The molecule has 17 heavy (non-hydrogen) atoms.